The molecule has 1 N–H and O–H groups in total. The van der Waals surface area contributed by atoms with E-state index in [1.54, 1.807) is 6.08 Å². The fraction of sp³-hybridized carbons (Fsp3) is 0.167. The molecule has 1 aromatic carbocycles. The number of hydrogen-bond acceptors (Lipinski definition) is 1. The van der Waals surface area contributed by atoms with E-state index in [4.69, 9.17) is 0 Å². The van der Waals surface area contributed by atoms with E-state index in [1.165, 1.54) is 0 Å². The predicted molar refractivity (Wildman–Crippen MR) is 57.2 cm³/mol. The zero-order valence-corrected chi connectivity index (χ0v) is 8.21. The first kappa shape index (κ1) is 10.3. The fourth-order valence-corrected chi connectivity index (χ4v) is 1.02. The normalized spacial score (nSPS) is 8.93. The van der Waals surface area contributed by atoms with Gasteiger partial charge in [-0.15, -0.1) is 5.73 Å². The summed E-state index contributed by atoms with van der Waals surface area (Å²) in [6.45, 7) is 5.87. The highest BCUT2D eigenvalue weighted by Gasteiger charge is 2.01. The second-order valence-electron chi connectivity index (χ2n) is 2.98. The van der Waals surface area contributed by atoms with Crippen molar-refractivity contribution in [3.8, 4) is 0 Å². The van der Waals surface area contributed by atoms with Crippen molar-refractivity contribution >= 4 is 5.91 Å². The molecule has 0 bridgehead atoms. The topological polar surface area (TPSA) is 29.1 Å². The molecule has 0 aliphatic carbocycles. The molecule has 1 amide bonds. The van der Waals surface area contributed by atoms with Gasteiger partial charge in [-0.2, -0.15) is 0 Å². The van der Waals surface area contributed by atoms with Crippen molar-refractivity contribution in [2.45, 2.75) is 6.92 Å². The third-order valence-corrected chi connectivity index (χ3v) is 1.82. The van der Waals surface area contributed by atoms with E-state index in [1.807, 2.05) is 31.2 Å². The van der Waals surface area contributed by atoms with Crippen molar-refractivity contribution in [2.75, 3.05) is 6.54 Å². The Hall–Kier alpha value is -1.79. The van der Waals surface area contributed by atoms with Gasteiger partial charge in [0.15, 0.2) is 0 Å². The zero-order valence-electron chi connectivity index (χ0n) is 8.21. The number of amides is 1. The lowest BCUT2D eigenvalue weighted by Crippen LogP contribution is -2.23. The Morgan fingerprint density at radius 3 is 2.71 bits per heavy atom. The van der Waals surface area contributed by atoms with Crippen molar-refractivity contribution in [2.24, 2.45) is 0 Å². The quantitative estimate of drug-likeness (QED) is 0.721. The molecule has 0 radical (unpaired) electrons. The fourth-order valence-electron chi connectivity index (χ4n) is 1.02. The molecule has 0 aliphatic rings. The van der Waals surface area contributed by atoms with Crippen molar-refractivity contribution in [1.29, 1.82) is 0 Å². The smallest absolute Gasteiger partial charge is 0.251 e. The van der Waals surface area contributed by atoms with Crippen LogP contribution in [0.2, 0.25) is 0 Å². The summed E-state index contributed by atoms with van der Waals surface area (Å²) in [5, 5.41) is 2.72. The zero-order chi connectivity index (χ0) is 10.4. The number of carbonyl (C=O) groups is 1. The van der Waals surface area contributed by atoms with E-state index in [9.17, 15) is 4.79 Å². The Morgan fingerprint density at radius 2 is 2.14 bits per heavy atom. The van der Waals surface area contributed by atoms with Crippen molar-refractivity contribution in [3.63, 3.8) is 0 Å². The summed E-state index contributed by atoms with van der Waals surface area (Å²) >= 11 is 0. The van der Waals surface area contributed by atoms with Crippen LogP contribution >= 0.6 is 0 Å². The second-order valence-corrected chi connectivity index (χ2v) is 2.98. The minimum absolute atomic E-state index is 0.0727. The molecule has 2 nitrogen and oxygen atoms in total. The molecule has 0 saturated heterocycles. The molecule has 2 heteroatoms. The number of aryl methyl sites for hydroxylation is 1. The standard InChI is InChI=1S/C12H13NO/c1-3-4-9-13-12(14)11-7-5-10(2)6-8-11/h4-8H,1,9H2,2H3,(H,13,14). The Balaban J connectivity index is 2.60. The van der Waals surface area contributed by atoms with Crippen LogP contribution in [0.1, 0.15) is 15.9 Å². The molecule has 0 unspecified atom stereocenters. The average Bonchev–Trinajstić information content (AvgIpc) is 2.19. The molecule has 0 fully saturated rings. The molecule has 0 aromatic heterocycles. The van der Waals surface area contributed by atoms with E-state index in [-0.39, 0.29) is 5.91 Å². The summed E-state index contributed by atoms with van der Waals surface area (Å²) in [7, 11) is 0. The monoisotopic (exact) mass is 187 g/mol. The van der Waals surface area contributed by atoms with Gasteiger partial charge in [0.25, 0.3) is 5.91 Å². The summed E-state index contributed by atoms with van der Waals surface area (Å²) in [4.78, 5) is 11.5. The SMILES string of the molecule is C=C=CCNC(=O)c1ccc(C)cc1. The molecule has 0 heterocycles. The van der Waals surface area contributed by atoms with Crippen LogP contribution in [0.4, 0.5) is 0 Å². The van der Waals surface area contributed by atoms with E-state index in [2.05, 4.69) is 17.6 Å². The third-order valence-electron chi connectivity index (χ3n) is 1.82. The molecule has 1 rings (SSSR count). The first-order valence-electron chi connectivity index (χ1n) is 4.43. The predicted octanol–water partition coefficient (Wildman–Crippen LogP) is 2.07. The van der Waals surface area contributed by atoms with Gasteiger partial charge in [0.05, 0.1) is 0 Å². The van der Waals surface area contributed by atoms with Gasteiger partial charge in [-0.05, 0) is 25.1 Å². The summed E-state index contributed by atoms with van der Waals surface area (Å²) in [5.41, 5.74) is 4.41. The molecule has 0 spiro atoms. The number of nitrogens with one attached hydrogen (secondary N) is 1. The van der Waals surface area contributed by atoms with E-state index in [0.29, 0.717) is 12.1 Å². The van der Waals surface area contributed by atoms with Crippen molar-refractivity contribution in [3.05, 3.63) is 53.8 Å². The Labute approximate surface area is 84.0 Å². The lowest BCUT2D eigenvalue weighted by molar-refractivity contribution is 0.0958. The van der Waals surface area contributed by atoms with Crippen LogP contribution < -0.4 is 5.32 Å². The highest BCUT2D eigenvalue weighted by Crippen LogP contribution is 2.02. The maximum Gasteiger partial charge on any atom is 0.251 e. The third kappa shape index (κ3) is 2.92. The summed E-state index contributed by atoms with van der Waals surface area (Å²) in [6.07, 6.45) is 1.67. The van der Waals surface area contributed by atoms with Crippen molar-refractivity contribution in [1.82, 2.24) is 5.32 Å². The van der Waals surface area contributed by atoms with Crippen LogP contribution in [0.15, 0.2) is 42.7 Å². The largest absolute Gasteiger partial charge is 0.348 e. The lowest BCUT2D eigenvalue weighted by Gasteiger charge is -2.01. The van der Waals surface area contributed by atoms with E-state index >= 15 is 0 Å². The number of benzene rings is 1. The maximum absolute atomic E-state index is 11.5. The highest BCUT2D eigenvalue weighted by molar-refractivity contribution is 5.94. The van der Waals surface area contributed by atoms with Crippen molar-refractivity contribution < 1.29 is 4.79 Å². The van der Waals surface area contributed by atoms with Gasteiger partial charge < -0.3 is 5.32 Å². The molecule has 14 heavy (non-hydrogen) atoms. The Bertz CT molecular complexity index is 358. The highest BCUT2D eigenvalue weighted by atomic mass is 16.1. The van der Waals surface area contributed by atoms with Crippen LogP contribution in [0.25, 0.3) is 0 Å². The summed E-state index contributed by atoms with van der Waals surface area (Å²) in [6, 6.07) is 7.45. The molecule has 0 aliphatic heterocycles. The van der Waals surface area contributed by atoms with Gasteiger partial charge >= 0.3 is 0 Å². The number of carbonyl (C=O) groups excluding carboxylic acids is 1. The second kappa shape index (κ2) is 5.05. The van der Waals surface area contributed by atoms with Crippen LogP contribution in [0, 0.1) is 6.92 Å². The summed E-state index contributed by atoms with van der Waals surface area (Å²) < 4.78 is 0. The first-order chi connectivity index (χ1) is 6.74. The van der Waals surface area contributed by atoms with Gasteiger partial charge in [0, 0.05) is 12.1 Å². The molecular weight excluding hydrogens is 174 g/mol. The molecule has 0 atom stereocenters. The minimum atomic E-state index is -0.0727. The van der Waals surface area contributed by atoms with Gasteiger partial charge in [0.2, 0.25) is 0 Å². The Morgan fingerprint density at radius 1 is 1.50 bits per heavy atom. The number of hydrogen-bond donors (Lipinski definition) is 1. The average molecular weight is 187 g/mol. The number of rotatable bonds is 3. The molecule has 0 saturated carbocycles. The van der Waals surface area contributed by atoms with Crippen LogP contribution in [0.3, 0.4) is 0 Å². The van der Waals surface area contributed by atoms with Gasteiger partial charge in [0.1, 0.15) is 0 Å². The van der Waals surface area contributed by atoms with Crippen LogP contribution in [0.5, 0.6) is 0 Å². The van der Waals surface area contributed by atoms with Gasteiger partial charge in [-0.3, -0.25) is 4.79 Å². The molecule has 72 valence electrons. The van der Waals surface area contributed by atoms with E-state index in [0.717, 1.165) is 5.56 Å². The summed E-state index contributed by atoms with van der Waals surface area (Å²) in [5.74, 6) is -0.0727. The molecule has 1 aromatic rings. The lowest BCUT2D eigenvalue weighted by atomic mass is 10.1. The Kier molecular flexibility index (Phi) is 3.71. The minimum Gasteiger partial charge on any atom is -0.348 e. The maximum atomic E-state index is 11.5. The van der Waals surface area contributed by atoms with Gasteiger partial charge in [-0.25, -0.2) is 0 Å². The van der Waals surface area contributed by atoms with Gasteiger partial charge in [-0.1, -0.05) is 24.3 Å². The molecular formula is C12H13NO. The first-order valence-corrected chi connectivity index (χ1v) is 4.43. The van der Waals surface area contributed by atoms with Crippen LogP contribution in [-0.4, -0.2) is 12.5 Å². The van der Waals surface area contributed by atoms with E-state index < -0.39 is 0 Å². The van der Waals surface area contributed by atoms with Crippen LogP contribution in [-0.2, 0) is 0 Å².